The van der Waals surface area contributed by atoms with Crippen molar-refractivity contribution in [3.8, 4) is 6.01 Å². The fourth-order valence-electron chi connectivity index (χ4n) is 4.15. The number of nitrogens with one attached hydrogen (secondary N) is 1. The third kappa shape index (κ3) is 7.28. The van der Waals surface area contributed by atoms with Gasteiger partial charge in [0.05, 0.1) is 23.4 Å². The second-order valence-corrected chi connectivity index (χ2v) is 10.3. The Labute approximate surface area is 218 Å². The van der Waals surface area contributed by atoms with Crippen molar-refractivity contribution in [3.05, 3.63) is 35.3 Å². The normalized spacial score (nSPS) is 16.2. The third-order valence-electron chi connectivity index (χ3n) is 6.75. The van der Waals surface area contributed by atoms with Gasteiger partial charge in [-0.2, -0.15) is 9.97 Å². The van der Waals surface area contributed by atoms with Crippen molar-refractivity contribution in [1.82, 2.24) is 20.3 Å². The average molecular weight is 514 g/mol. The van der Waals surface area contributed by atoms with E-state index >= 15 is 0 Å². The minimum atomic E-state index is -1.09. The summed E-state index contributed by atoms with van der Waals surface area (Å²) in [5.74, 6) is -0.331. The van der Waals surface area contributed by atoms with E-state index in [1.807, 2.05) is 13.0 Å². The molecule has 2 aromatic heterocycles. The molecule has 1 saturated heterocycles. The molecule has 0 radical (unpaired) electrons. The molecule has 11 heteroatoms. The molecule has 3 heterocycles. The molecule has 2 aromatic rings. The van der Waals surface area contributed by atoms with Crippen molar-refractivity contribution in [2.75, 3.05) is 23.7 Å². The number of anilines is 2. The summed E-state index contributed by atoms with van der Waals surface area (Å²) in [5.41, 5.74) is 11.5. The number of ether oxygens (including phenoxy) is 1. The van der Waals surface area contributed by atoms with Crippen LogP contribution in [0.1, 0.15) is 92.9 Å². The van der Waals surface area contributed by atoms with Gasteiger partial charge in [0.2, 0.25) is 0 Å². The topological polar surface area (TPSA) is 170 Å². The van der Waals surface area contributed by atoms with E-state index in [0.717, 1.165) is 31.4 Å². The Kier molecular flexibility index (Phi) is 8.90. The van der Waals surface area contributed by atoms with Crippen LogP contribution in [-0.4, -0.2) is 62.7 Å². The predicted octanol–water partition coefficient (Wildman–Crippen LogP) is 2.39. The van der Waals surface area contributed by atoms with E-state index in [0.29, 0.717) is 18.9 Å². The van der Waals surface area contributed by atoms with Crippen LogP contribution in [0.4, 0.5) is 11.5 Å². The van der Waals surface area contributed by atoms with Gasteiger partial charge in [0.25, 0.3) is 11.8 Å². The molecule has 2 atom stereocenters. The molecule has 202 valence electrons. The van der Waals surface area contributed by atoms with Crippen LogP contribution < -0.4 is 26.4 Å². The molecule has 2 amide bonds. The van der Waals surface area contributed by atoms with Crippen LogP contribution >= 0.6 is 0 Å². The number of rotatable bonds is 10. The molecule has 0 spiro atoms. The molecule has 0 aliphatic carbocycles. The summed E-state index contributed by atoms with van der Waals surface area (Å²) in [4.78, 5) is 40.1. The number of nitrogens with zero attached hydrogens (tertiary/aromatic N) is 4. The largest absolute Gasteiger partial charge is 0.460 e. The van der Waals surface area contributed by atoms with Crippen molar-refractivity contribution in [2.24, 2.45) is 5.73 Å². The Morgan fingerprint density at radius 2 is 1.89 bits per heavy atom. The third-order valence-corrected chi connectivity index (χ3v) is 6.75. The highest BCUT2D eigenvalue weighted by Gasteiger charge is 2.28. The number of aromatic nitrogens is 3. The number of amides is 2. The number of hydrogen-bond donors (Lipinski definition) is 4. The fraction of sp³-hybridized carbons (Fsp3) is 0.577. The van der Waals surface area contributed by atoms with Gasteiger partial charge in [0.1, 0.15) is 11.5 Å². The minimum absolute atomic E-state index is 0.0923. The van der Waals surface area contributed by atoms with Gasteiger partial charge in [-0.3, -0.25) is 9.59 Å². The SMILES string of the molecule is CCC[C@@H](C)Oc1nc(C(=O)N[C@H](C)C(C)(C)O)cc(N2CCC(c3ccc(N)c(C(N)=O)n3)CC2)n1. The van der Waals surface area contributed by atoms with Crippen molar-refractivity contribution in [1.29, 1.82) is 0 Å². The first kappa shape index (κ1) is 28.1. The Morgan fingerprint density at radius 3 is 2.49 bits per heavy atom. The first-order valence-electron chi connectivity index (χ1n) is 12.8. The van der Waals surface area contributed by atoms with Gasteiger partial charge < -0.3 is 31.5 Å². The van der Waals surface area contributed by atoms with E-state index in [9.17, 15) is 14.7 Å². The molecule has 1 fully saturated rings. The maximum atomic E-state index is 13.0. The summed E-state index contributed by atoms with van der Waals surface area (Å²) in [5, 5.41) is 13.0. The molecule has 0 unspecified atom stereocenters. The quantitative estimate of drug-likeness (QED) is 0.372. The van der Waals surface area contributed by atoms with Gasteiger partial charge in [-0.25, -0.2) is 4.98 Å². The lowest BCUT2D eigenvalue weighted by Gasteiger charge is -2.33. The molecule has 11 nitrogen and oxygen atoms in total. The lowest BCUT2D eigenvalue weighted by atomic mass is 9.92. The zero-order valence-corrected chi connectivity index (χ0v) is 22.3. The molecular weight excluding hydrogens is 474 g/mol. The lowest BCUT2D eigenvalue weighted by molar-refractivity contribution is 0.0407. The van der Waals surface area contributed by atoms with Gasteiger partial charge in [0.15, 0.2) is 5.69 Å². The molecule has 0 bridgehead atoms. The summed E-state index contributed by atoms with van der Waals surface area (Å²) in [6.45, 7) is 10.3. The van der Waals surface area contributed by atoms with E-state index in [2.05, 4.69) is 32.1 Å². The van der Waals surface area contributed by atoms with Gasteiger partial charge in [-0.05, 0) is 59.1 Å². The lowest BCUT2D eigenvalue weighted by Crippen LogP contribution is -2.47. The van der Waals surface area contributed by atoms with Crippen LogP contribution in [-0.2, 0) is 0 Å². The van der Waals surface area contributed by atoms with E-state index in [-0.39, 0.29) is 35.1 Å². The number of hydrogen-bond acceptors (Lipinski definition) is 9. The Morgan fingerprint density at radius 1 is 1.22 bits per heavy atom. The monoisotopic (exact) mass is 513 g/mol. The van der Waals surface area contributed by atoms with Crippen molar-refractivity contribution >= 4 is 23.3 Å². The summed E-state index contributed by atoms with van der Waals surface area (Å²) in [6, 6.07) is 4.81. The number of carbonyl (C=O) groups excluding carboxylic acids is 2. The Balaban J connectivity index is 1.81. The summed E-state index contributed by atoms with van der Waals surface area (Å²) >= 11 is 0. The highest BCUT2D eigenvalue weighted by molar-refractivity contribution is 5.96. The summed E-state index contributed by atoms with van der Waals surface area (Å²) in [6.07, 6.45) is 3.20. The first-order chi connectivity index (χ1) is 17.4. The predicted molar refractivity (Wildman–Crippen MR) is 142 cm³/mol. The molecule has 1 aliphatic rings. The number of piperidine rings is 1. The van der Waals surface area contributed by atoms with Crippen molar-refractivity contribution < 1.29 is 19.4 Å². The minimum Gasteiger partial charge on any atom is -0.460 e. The highest BCUT2D eigenvalue weighted by Crippen LogP contribution is 2.30. The molecule has 37 heavy (non-hydrogen) atoms. The number of primary amides is 1. The molecular formula is C26H39N7O4. The maximum Gasteiger partial charge on any atom is 0.319 e. The number of nitrogen functional groups attached to an aromatic ring is 1. The first-order valence-corrected chi connectivity index (χ1v) is 12.8. The number of aliphatic hydroxyl groups is 1. The van der Waals surface area contributed by atoms with E-state index < -0.39 is 23.5 Å². The van der Waals surface area contributed by atoms with E-state index in [1.165, 1.54) is 0 Å². The van der Waals surface area contributed by atoms with Crippen LogP contribution in [0, 0.1) is 0 Å². The highest BCUT2D eigenvalue weighted by atomic mass is 16.5. The zero-order valence-electron chi connectivity index (χ0n) is 22.3. The molecule has 0 aromatic carbocycles. The van der Waals surface area contributed by atoms with E-state index in [4.69, 9.17) is 16.2 Å². The van der Waals surface area contributed by atoms with Crippen LogP contribution in [0.15, 0.2) is 18.2 Å². The standard InChI is InChI=1S/C26H39N7O4/c1-6-7-15(2)37-25-31-20(24(35)29-16(3)26(4,5)36)14-21(32-25)33-12-10-17(11-13-33)19-9-8-18(27)22(30-19)23(28)34/h8-9,14-17,36H,6-7,10-13,27H2,1-5H3,(H2,28,34)(H,29,35)/t15-,16-/m1/s1. The average Bonchev–Trinajstić information content (AvgIpc) is 2.83. The number of pyridine rings is 1. The van der Waals surface area contributed by atoms with Crippen LogP contribution in [0.3, 0.4) is 0 Å². The number of nitrogens with two attached hydrogens (primary N) is 2. The molecule has 1 aliphatic heterocycles. The zero-order chi connectivity index (χ0) is 27.3. The molecule has 3 rings (SSSR count). The van der Waals surface area contributed by atoms with Crippen LogP contribution in [0.25, 0.3) is 0 Å². The fourth-order valence-corrected chi connectivity index (χ4v) is 4.15. The molecule has 6 N–H and O–H groups in total. The van der Waals surface area contributed by atoms with Gasteiger partial charge in [-0.15, -0.1) is 0 Å². The van der Waals surface area contributed by atoms with Crippen LogP contribution in [0.2, 0.25) is 0 Å². The maximum absolute atomic E-state index is 13.0. The Hall–Kier alpha value is -3.47. The van der Waals surface area contributed by atoms with Crippen molar-refractivity contribution in [2.45, 2.75) is 84.0 Å². The van der Waals surface area contributed by atoms with Crippen LogP contribution in [0.5, 0.6) is 6.01 Å². The van der Waals surface area contributed by atoms with Gasteiger partial charge in [0, 0.05) is 30.8 Å². The summed E-state index contributed by atoms with van der Waals surface area (Å²) < 4.78 is 5.94. The van der Waals surface area contributed by atoms with Gasteiger partial charge in [-0.1, -0.05) is 13.3 Å². The van der Waals surface area contributed by atoms with Gasteiger partial charge >= 0.3 is 6.01 Å². The van der Waals surface area contributed by atoms with Crippen molar-refractivity contribution in [3.63, 3.8) is 0 Å². The van der Waals surface area contributed by atoms with E-state index in [1.54, 1.807) is 32.9 Å². The second kappa shape index (κ2) is 11.7. The summed E-state index contributed by atoms with van der Waals surface area (Å²) in [7, 11) is 0. The Bertz CT molecular complexity index is 1110. The second-order valence-electron chi connectivity index (χ2n) is 10.3. The smallest absolute Gasteiger partial charge is 0.319 e. The molecule has 0 saturated carbocycles. The number of carbonyl (C=O) groups is 2.